The molecule has 0 aromatic rings. The van der Waals surface area contributed by atoms with Gasteiger partial charge in [-0.05, 0) is 55.8 Å². The van der Waals surface area contributed by atoms with Gasteiger partial charge in [0, 0.05) is 16.6 Å². The number of carbonyl (C=O) groups excluding carboxylic acids is 2. The van der Waals surface area contributed by atoms with E-state index in [1.807, 2.05) is 61.5 Å². The summed E-state index contributed by atoms with van der Waals surface area (Å²) in [5.74, 6) is -0.886. The van der Waals surface area contributed by atoms with E-state index in [9.17, 15) is 14.7 Å². The zero-order valence-corrected chi connectivity index (χ0v) is 28.3. The lowest BCUT2D eigenvalue weighted by Gasteiger charge is -2.41. The van der Waals surface area contributed by atoms with Crippen LogP contribution in [0.4, 0.5) is 0 Å². The summed E-state index contributed by atoms with van der Waals surface area (Å²) in [6.45, 7) is 33.3. The van der Waals surface area contributed by atoms with Crippen molar-refractivity contribution in [3.8, 4) is 0 Å². The van der Waals surface area contributed by atoms with Gasteiger partial charge in [-0.25, -0.2) is 0 Å². The molecule has 0 aliphatic heterocycles. The maximum Gasteiger partial charge on any atom is 0.195 e. The highest BCUT2D eigenvalue weighted by Crippen LogP contribution is 2.40. The van der Waals surface area contributed by atoms with Gasteiger partial charge in [-0.3, -0.25) is 9.59 Å². The van der Waals surface area contributed by atoms with Crippen molar-refractivity contribution in [1.82, 2.24) is 0 Å². The van der Waals surface area contributed by atoms with Crippen LogP contribution in [0.25, 0.3) is 0 Å². The van der Waals surface area contributed by atoms with Gasteiger partial charge in [0.1, 0.15) is 5.78 Å². The summed E-state index contributed by atoms with van der Waals surface area (Å²) in [5.41, 5.74) is 2.03. The molecular weight excluding hydrogens is 496 g/mol. The maximum absolute atomic E-state index is 13.5. The van der Waals surface area contributed by atoms with Crippen molar-refractivity contribution in [2.45, 2.75) is 137 Å². The molecule has 0 spiro atoms. The van der Waals surface area contributed by atoms with E-state index in [0.717, 1.165) is 17.6 Å². The molecule has 0 rings (SSSR count). The zero-order chi connectivity index (χ0) is 29.5. The van der Waals surface area contributed by atoms with Gasteiger partial charge >= 0.3 is 0 Å². The van der Waals surface area contributed by atoms with E-state index in [1.165, 1.54) is 11.8 Å². The molecule has 4 nitrogen and oxygen atoms in total. The fourth-order valence-corrected chi connectivity index (χ4v) is 6.75. The Kier molecular flexibility index (Phi) is 14.3. The molecule has 0 radical (unpaired) electrons. The summed E-state index contributed by atoms with van der Waals surface area (Å²) in [6, 6.07) is 0. The van der Waals surface area contributed by atoms with Gasteiger partial charge in [0.05, 0.1) is 18.1 Å². The first-order chi connectivity index (χ1) is 16.6. The second-order valence-corrected chi connectivity index (χ2v) is 20.1. The minimum absolute atomic E-state index is 0.0459. The molecule has 0 aromatic carbocycles. The van der Waals surface area contributed by atoms with E-state index in [2.05, 4.69) is 47.4 Å². The minimum Gasteiger partial charge on any atom is -0.410 e. The van der Waals surface area contributed by atoms with Gasteiger partial charge < -0.3 is 9.53 Å². The fraction of sp³-hybridized carbons (Fsp3) is 0.806. The number of thioether (sulfide) groups is 1. The average Bonchev–Trinajstić information content (AvgIpc) is 2.73. The van der Waals surface area contributed by atoms with Crippen LogP contribution in [0.15, 0.2) is 23.8 Å². The Labute approximate surface area is 234 Å². The quantitative estimate of drug-likeness (QED) is 0.172. The van der Waals surface area contributed by atoms with Gasteiger partial charge in [0.25, 0.3) is 0 Å². The third-order valence-corrected chi connectivity index (χ3v) is 13.3. The second-order valence-electron chi connectivity index (χ2n) is 13.5. The van der Waals surface area contributed by atoms with E-state index in [0.29, 0.717) is 12.8 Å². The van der Waals surface area contributed by atoms with Gasteiger partial charge in [-0.15, -0.1) is 0 Å². The summed E-state index contributed by atoms with van der Waals surface area (Å²) < 4.78 is 6.54. The van der Waals surface area contributed by atoms with Crippen LogP contribution in [0, 0.1) is 23.7 Å². The van der Waals surface area contributed by atoms with E-state index in [4.69, 9.17) is 4.43 Å². The Bertz CT molecular complexity index is 803. The third kappa shape index (κ3) is 11.5. The smallest absolute Gasteiger partial charge is 0.195 e. The van der Waals surface area contributed by atoms with Crippen LogP contribution in [-0.4, -0.2) is 41.3 Å². The molecule has 0 unspecified atom stereocenters. The van der Waals surface area contributed by atoms with Gasteiger partial charge in [0.2, 0.25) is 0 Å². The maximum atomic E-state index is 13.5. The van der Waals surface area contributed by atoms with Crippen molar-refractivity contribution in [1.29, 1.82) is 0 Å². The van der Waals surface area contributed by atoms with E-state index in [-0.39, 0.29) is 50.5 Å². The molecule has 37 heavy (non-hydrogen) atoms. The largest absolute Gasteiger partial charge is 0.410 e. The van der Waals surface area contributed by atoms with Crippen molar-refractivity contribution < 1.29 is 19.1 Å². The molecule has 0 aliphatic carbocycles. The Hall–Kier alpha value is -0.693. The standard InChI is InChI=1S/C31H58O4SSi/c1-16-21(4)28(35-37(14,15)31(11,12)13)24(7)26(32)22(5)18-20(3)19-23(6)27(33)25(17-2)29(34)36-30(8,9)10/h18,22-25,27-28,33H,4,16-17,19H2,1-3,5-15H3/b20-18+/t22-,23+,24-,25-,27-,28-/m1/s1. The molecule has 0 saturated heterocycles. The number of hydrogen-bond donors (Lipinski definition) is 1. The number of aliphatic hydroxyl groups is 1. The molecule has 0 aromatic heterocycles. The molecular formula is C31H58O4SSi. The number of Topliss-reactive ketones (excluding diaryl/α,β-unsaturated/α-hetero) is 1. The number of rotatable bonds is 14. The van der Waals surface area contributed by atoms with Crippen LogP contribution in [0.5, 0.6) is 0 Å². The van der Waals surface area contributed by atoms with E-state index in [1.54, 1.807) is 0 Å². The highest BCUT2D eigenvalue weighted by atomic mass is 32.2. The lowest BCUT2D eigenvalue weighted by molar-refractivity contribution is -0.126. The predicted molar refractivity (Wildman–Crippen MR) is 165 cm³/mol. The van der Waals surface area contributed by atoms with Crippen LogP contribution in [0.1, 0.15) is 102 Å². The number of hydrogen-bond acceptors (Lipinski definition) is 5. The summed E-state index contributed by atoms with van der Waals surface area (Å²) >= 11 is 1.31. The van der Waals surface area contributed by atoms with E-state index >= 15 is 0 Å². The molecule has 0 aliphatic rings. The summed E-state index contributed by atoms with van der Waals surface area (Å²) in [4.78, 5) is 26.3. The highest BCUT2D eigenvalue weighted by molar-refractivity contribution is 8.14. The molecule has 6 atom stereocenters. The molecule has 0 amide bonds. The molecule has 0 saturated carbocycles. The molecule has 1 N–H and O–H groups in total. The van der Waals surface area contributed by atoms with Crippen molar-refractivity contribution in [3.63, 3.8) is 0 Å². The summed E-state index contributed by atoms with van der Waals surface area (Å²) in [5, 5.41) is 11.1. The van der Waals surface area contributed by atoms with Crippen molar-refractivity contribution in [2.24, 2.45) is 23.7 Å². The Morgan fingerprint density at radius 1 is 1.05 bits per heavy atom. The number of ketones is 1. The third-order valence-electron chi connectivity index (χ3n) is 7.76. The topological polar surface area (TPSA) is 63.6 Å². The Morgan fingerprint density at radius 2 is 1.57 bits per heavy atom. The first-order valence-corrected chi connectivity index (χ1v) is 17.8. The van der Waals surface area contributed by atoms with Crippen LogP contribution >= 0.6 is 11.8 Å². The average molecular weight is 555 g/mol. The number of allylic oxidation sites excluding steroid dienone is 2. The first kappa shape index (κ1) is 36.3. The number of aliphatic hydroxyl groups excluding tert-OH is 1. The minimum atomic E-state index is -2.08. The normalized spacial score (nSPS) is 18.5. The van der Waals surface area contributed by atoms with Crippen LogP contribution in [0.2, 0.25) is 18.1 Å². The lowest BCUT2D eigenvalue weighted by atomic mass is 9.84. The number of carbonyl (C=O) groups is 2. The summed E-state index contributed by atoms with van der Waals surface area (Å²) in [7, 11) is -2.08. The monoisotopic (exact) mass is 554 g/mol. The zero-order valence-electron chi connectivity index (χ0n) is 26.5. The molecule has 6 heteroatoms. The molecule has 0 fully saturated rings. The Balaban J connectivity index is 5.55. The second kappa shape index (κ2) is 14.6. The Morgan fingerprint density at radius 3 is 1.97 bits per heavy atom. The predicted octanol–water partition coefficient (Wildman–Crippen LogP) is 8.60. The van der Waals surface area contributed by atoms with Crippen LogP contribution < -0.4 is 0 Å². The first-order valence-electron chi connectivity index (χ1n) is 14.1. The van der Waals surface area contributed by atoms with Crippen LogP contribution in [0.3, 0.4) is 0 Å². The molecule has 216 valence electrons. The van der Waals surface area contributed by atoms with Crippen molar-refractivity contribution >= 4 is 31.0 Å². The van der Waals surface area contributed by atoms with Crippen molar-refractivity contribution in [3.05, 3.63) is 23.8 Å². The molecule has 0 heterocycles. The highest BCUT2D eigenvalue weighted by Gasteiger charge is 2.42. The van der Waals surface area contributed by atoms with Gasteiger partial charge in [0.15, 0.2) is 13.4 Å². The van der Waals surface area contributed by atoms with Crippen LogP contribution in [-0.2, 0) is 14.0 Å². The summed E-state index contributed by atoms with van der Waals surface area (Å²) in [6.07, 6.45) is 3.05. The van der Waals surface area contributed by atoms with E-state index < -0.39 is 14.4 Å². The fourth-order valence-electron chi connectivity index (χ4n) is 4.33. The molecule has 0 bridgehead atoms. The lowest BCUT2D eigenvalue weighted by Crippen LogP contribution is -2.47. The SMILES string of the molecule is C=C(CC)[C@@H](O[Si](C)(C)C(C)(C)C)[C@H](C)C(=O)[C@H](C)/C=C(\C)C[C@H](C)[C@@H](O)[C@@H](CC)C(=O)SC(C)(C)C. The van der Waals surface area contributed by atoms with Crippen molar-refractivity contribution in [2.75, 3.05) is 0 Å². The van der Waals surface area contributed by atoms with Gasteiger partial charge in [-0.2, -0.15) is 0 Å². The van der Waals surface area contributed by atoms with Gasteiger partial charge in [-0.1, -0.05) is 106 Å².